The molecule has 0 aliphatic carbocycles. The first-order valence-corrected chi connectivity index (χ1v) is 5.82. The monoisotopic (exact) mass is 229 g/mol. The van der Waals surface area contributed by atoms with Crippen molar-refractivity contribution in [3.63, 3.8) is 0 Å². The number of nitrogens with zero attached hydrogens (tertiary/aromatic N) is 1. The van der Waals surface area contributed by atoms with Gasteiger partial charge in [0.25, 0.3) is 5.56 Å². The van der Waals surface area contributed by atoms with Gasteiger partial charge in [0.2, 0.25) is 0 Å². The SMILES string of the molecule is Cn1c(=O)cc(NC2CNC2)c2ccccc21. The molecule has 1 fully saturated rings. The molecular weight excluding hydrogens is 214 g/mol. The summed E-state index contributed by atoms with van der Waals surface area (Å²) < 4.78 is 1.68. The Kier molecular flexibility index (Phi) is 2.37. The number of aromatic nitrogens is 1. The van der Waals surface area contributed by atoms with E-state index in [2.05, 4.69) is 10.6 Å². The molecule has 0 atom stereocenters. The molecule has 0 unspecified atom stereocenters. The fourth-order valence-corrected chi connectivity index (χ4v) is 2.14. The van der Waals surface area contributed by atoms with Gasteiger partial charge in [0.1, 0.15) is 0 Å². The van der Waals surface area contributed by atoms with Gasteiger partial charge in [0.05, 0.1) is 11.6 Å². The molecular formula is C13H15N3O. The average molecular weight is 229 g/mol. The van der Waals surface area contributed by atoms with Crippen molar-refractivity contribution in [2.45, 2.75) is 6.04 Å². The zero-order valence-electron chi connectivity index (χ0n) is 9.73. The van der Waals surface area contributed by atoms with Gasteiger partial charge >= 0.3 is 0 Å². The highest BCUT2D eigenvalue weighted by Crippen LogP contribution is 2.21. The standard InChI is InChI=1S/C13H15N3O/c1-16-12-5-3-2-4-10(12)11(6-13(16)17)15-9-7-14-8-9/h2-6,9,14-15H,7-8H2,1H3. The van der Waals surface area contributed by atoms with Crippen LogP contribution in [0.25, 0.3) is 10.9 Å². The lowest BCUT2D eigenvalue weighted by atomic mass is 10.1. The zero-order valence-corrected chi connectivity index (χ0v) is 9.73. The third-order valence-electron chi connectivity index (χ3n) is 3.30. The fourth-order valence-electron chi connectivity index (χ4n) is 2.14. The lowest BCUT2D eigenvalue weighted by Gasteiger charge is -2.29. The van der Waals surface area contributed by atoms with Crippen LogP contribution in [0.4, 0.5) is 5.69 Å². The summed E-state index contributed by atoms with van der Waals surface area (Å²) in [7, 11) is 1.80. The van der Waals surface area contributed by atoms with E-state index >= 15 is 0 Å². The smallest absolute Gasteiger partial charge is 0.252 e. The molecule has 1 saturated heterocycles. The minimum Gasteiger partial charge on any atom is -0.379 e. The summed E-state index contributed by atoms with van der Waals surface area (Å²) in [5, 5.41) is 7.72. The van der Waals surface area contributed by atoms with Gasteiger partial charge in [-0.15, -0.1) is 0 Å². The van der Waals surface area contributed by atoms with Crippen LogP contribution in [0, 0.1) is 0 Å². The zero-order chi connectivity index (χ0) is 11.8. The molecule has 1 aliphatic rings. The first kappa shape index (κ1) is 10.4. The number of benzene rings is 1. The Labute approximate surface area is 99.3 Å². The maximum atomic E-state index is 11.8. The van der Waals surface area contributed by atoms with Crippen molar-refractivity contribution in [2.75, 3.05) is 18.4 Å². The molecule has 0 radical (unpaired) electrons. The number of aryl methyl sites for hydroxylation is 1. The maximum absolute atomic E-state index is 11.8. The van der Waals surface area contributed by atoms with Crippen molar-refractivity contribution >= 4 is 16.6 Å². The van der Waals surface area contributed by atoms with E-state index in [1.807, 2.05) is 24.3 Å². The van der Waals surface area contributed by atoms with E-state index in [9.17, 15) is 4.79 Å². The number of anilines is 1. The Morgan fingerprint density at radius 3 is 2.82 bits per heavy atom. The van der Waals surface area contributed by atoms with Crippen molar-refractivity contribution in [1.82, 2.24) is 9.88 Å². The van der Waals surface area contributed by atoms with Crippen LogP contribution < -0.4 is 16.2 Å². The van der Waals surface area contributed by atoms with E-state index < -0.39 is 0 Å². The predicted octanol–water partition coefficient (Wildman–Crippen LogP) is 0.922. The summed E-state index contributed by atoms with van der Waals surface area (Å²) in [5.74, 6) is 0. The molecule has 1 aliphatic heterocycles. The number of nitrogens with one attached hydrogen (secondary N) is 2. The summed E-state index contributed by atoms with van der Waals surface area (Å²) in [5.41, 5.74) is 1.93. The van der Waals surface area contributed by atoms with Crippen LogP contribution in [0.1, 0.15) is 0 Å². The van der Waals surface area contributed by atoms with E-state index in [0.717, 1.165) is 29.7 Å². The van der Waals surface area contributed by atoms with Crippen LogP contribution >= 0.6 is 0 Å². The molecule has 2 N–H and O–H groups in total. The summed E-state index contributed by atoms with van der Waals surface area (Å²) in [6.45, 7) is 1.92. The van der Waals surface area contributed by atoms with Gasteiger partial charge in [-0.2, -0.15) is 0 Å². The molecule has 1 aromatic carbocycles. The number of hydrogen-bond donors (Lipinski definition) is 2. The number of hydrogen-bond acceptors (Lipinski definition) is 3. The Morgan fingerprint density at radius 2 is 2.12 bits per heavy atom. The Morgan fingerprint density at radius 1 is 1.35 bits per heavy atom. The van der Waals surface area contributed by atoms with Crippen LogP contribution in [-0.4, -0.2) is 23.7 Å². The topological polar surface area (TPSA) is 46.1 Å². The quantitative estimate of drug-likeness (QED) is 0.805. The minimum absolute atomic E-state index is 0.0264. The highest BCUT2D eigenvalue weighted by Gasteiger charge is 2.17. The Bertz CT molecular complexity index is 614. The van der Waals surface area contributed by atoms with Crippen LogP contribution in [-0.2, 0) is 7.05 Å². The van der Waals surface area contributed by atoms with Crippen molar-refractivity contribution in [2.24, 2.45) is 7.05 Å². The normalized spacial score (nSPS) is 15.8. The second kappa shape index (κ2) is 3.89. The summed E-state index contributed by atoms with van der Waals surface area (Å²) in [6, 6.07) is 10.1. The molecule has 3 rings (SSSR count). The van der Waals surface area contributed by atoms with E-state index in [0.29, 0.717) is 6.04 Å². The Hall–Kier alpha value is -1.81. The van der Waals surface area contributed by atoms with E-state index in [1.54, 1.807) is 17.7 Å². The van der Waals surface area contributed by atoms with Gasteiger partial charge in [0, 0.05) is 37.3 Å². The molecule has 2 aromatic rings. The van der Waals surface area contributed by atoms with E-state index in [1.165, 1.54) is 0 Å². The highest BCUT2D eigenvalue weighted by molar-refractivity contribution is 5.91. The second-order valence-corrected chi connectivity index (χ2v) is 4.47. The molecule has 4 nitrogen and oxygen atoms in total. The van der Waals surface area contributed by atoms with Crippen molar-refractivity contribution in [3.8, 4) is 0 Å². The first-order valence-electron chi connectivity index (χ1n) is 5.82. The van der Waals surface area contributed by atoms with Crippen molar-refractivity contribution < 1.29 is 0 Å². The van der Waals surface area contributed by atoms with Gasteiger partial charge in [-0.1, -0.05) is 18.2 Å². The Balaban J connectivity index is 2.16. The van der Waals surface area contributed by atoms with Gasteiger partial charge in [-0.25, -0.2) is 0 Å². The van der Waals surface area contributed by atoms with Gasteiger partial charge in [0.15, 0.2) is 0 Å². The predicted molar refractivity (Wildman–Crippen MR) is 69.5 cm³/mol. The lowest BCUT2D eigenvalue weighted by Crippen LogP contribution is -2.51. The molecule has 0 amide bonds. The lowest BCUT2D eigenvalue weighted by molar-refractivity contribution is 0.472. The molecule has 0 spiro atoms. The third kappa shape index (κ3) is 1.70. The first-order chi connectivity index (χ1) is 8.25. The molecule has 0 bridgehead atoms. The van der Waals surface area contributed by atoms with Crippen LogP contribution in [0.3, 0.4) is 0 Å². The summed E-state index contributed by atoms with van der Waals surface area (Å²) in [6.07, 6.45) is 0. The van der Waals surface area contributed by atoms with Gasteiger partial charge in [-0.3, -0.25) is 4.79 Å². The second-order valence-electron chi connectivity index (χ2n) is 4.47. The van der Waals surface area contributed by atoms with Crippen LogP contribution in [0.5, 0.6) is 0 Å². The molecule has 1 aromatic heterocycles. The molecule has 2 heterocycles. The van der Waals surface area contributed by atoms with E-state index in [-0.39, 0.29) is 5.56 Å². The molecule has 17 heavy (non-hydrogen) atoms. The number of para-hydroxylation sites is 1. The number of rotatable bonds is 2. The van der Waals surface area contributed by atoms with Crippen LogP contribution in [0.15, 0.2) is 35.1 Å². The van der Waals surface area contributed by atoms with Gasteiger partial charge < -0.3 is 15.2 Å². The maximum Gasteiger partial charge on any atom is 0.252 e. The molecule has 4 heteroatoms. The average Bonchev–Trinajstić information content (AvgIpc) is 2.30. The van der Waals surface area contributed by atoms with Gasteiger partial charge in [-0.05, 0) is 6.07 Å². The highest BCUT2D eigenvalue weighted by atomic mass is 16.1. The largest absolute Gasteiger partial charge is 0.379 e. The van der Waals surface area contributed by atoms with Crippen molar-refractivity contribution in [3.05, 3.63) is 40.7 Å². The molecule has 0 saturated carbocycles. The number of pyridine rings is 1. The summed E-state index contributed by atoms with van der Waals surface area (Å²) >= 11 is 0. The third-order valence-corrected chi connectivity index (χ3v) is 3.30. The van der Waals surface area contributed by atoms with Crippen molar-refractivity contribution in [1.29, 1.82) is 0 Å². The number of fused-ring (bicyclic) bond motifs is 1. The minimum atomic E-state index is 0.0264. The molecule has 88 valence electrons. The summed E-state index contributed by atoms with van der Waals surface area (Å²) in [4.78, 5) is 11.8. The van der Waals surface area contributed by atoms with E-state index in [4.69, 9.17) is 0 Å². The fraction of sp³-hybridized carbons (Fsp3) is 0.308. The van der Waals surface area contributed by atoms with Crippen LogP contribution in [0.2, 0.25) is 0 Å².